The van der Waals surface area contributed by atoms with Crippen LogP contribution in [0.1, 0.15) is 43.4 Å². The lowest BCUT2D eigenvalue weighted by Gasteiger charge is -2.32. The summed E-state index contributed by atoms with van der Waals surface area (Å²) in [7, 11) is 0. The monoisotopic (exact) mass is 292 g/mol. The molecule has 0 radical (unpaired) electrons. The fraction of sp³-hybridized carbons (Fsp3) is 0.333. The Morgan fingerprint density at radius 2 is 1.33 bits per heavy atom. The van der Waals surface area contributed by atoms with E-state index >= 15 is 0 Å². The molecule has 0 heterocycles. The fourth-order valence-electron chi connectivity index (χ4n) is 2.73. The van der Waals surface area contributed by atoms with Crippen LogP contribution in [0.4, 0.5) is 13.2 Å². The van der Waals surface area contributed by atoms with E-state index in [1.165, 1.54) is 12.1 Å². The predicted molar refractivity (Wildman–Crippen MR) is 79.2 cm³/mol. The van der Waals surface area contributed by atoms with Gasteiger partial charge in [0.1, 0.15) is 0 Å². The van der Waals surface area contributed by atoms with Gasteiger partial charge in [-0.3, -0.25) is 0 Å². The summed E-state index contributed by atoms with van der Waals surface area (Å²) in [6.45, 7) is 6.14. The van der Waals surface area contributed by atoms with Gasteiger partial charge in [-0.1, -0.05) is 69.3 Å². The first-order valence-corrected chi connectivity index (χ1v) is 6.92. The third-order valence-electron chi connectivity index (χ3n) is 3.55. The summed E-state index contributed by atoms with van der Waals surface area (Å²) < 4.78 is 38.8. The van der Waals surface area contributed by atoms with E-state index in [1.807, 2.05) is 51.1 Å². The van der Waals surface area contributed by atoms with Gasteiger partial charge in [0.15, 0.2) is 0 Å². The Hall–Kier alpha value is -1.77. The van der Waals surface area contributed by atoms with E-state index in [1.54, 1.807) is 6.07 Å². The summed E-state index contributed by atoms with van der Waals surface area (Å²) in [4.78, 5) is 0. The zero-order valence-corrected chi connectivity index (χ0v) is 12.4. The average Bonchev–Trinajstić information content (AvgIpc) is 2.38. The molecule has 0 aliphatic rings. The second kappa shape index (κ2) is 5.55. The highest BCUT2D eigenvalue weighted by Crippen LogP contribution is 2.41. The minimum absolute atomic E-state index is 0.0824. The maximum atomic E-state index is 12.9. The summed E-state index contributed by atoms with van der Waals surface area (Å²) in [5.74, 6) is -0.0824. The van der Waals surface area contributed by atoms with Crippen LogP contribution in [-0.2, 0) is 6.18 Å². The number of benzene rings is 2. The van der Waals surface area contributed by atoms with Crippen LogP contribution in [0.2, 0.25) is 0 Å². The number of rotatable bonds is 2. The number of halogens is 3. The van der Waals surface area contributed by atoms with Gasteiger partial charge in [-0.25, -0.2) is 0 Å². The molecule has 0 amide bonds. The largest absolute Gasteiger partial charge is 0.416 e. The van der Waals surface area contributed by atoms with Crippen molar-refractivity contribution in [2.45, 2.75) is 32.9 Å². The Morgan fingerprint density at radius 3 is 1.86 bits per heavy atom. The Labute approximate surface area is 123 Å². The maximum absolute atomic E-state index is 12.9. The molecule has 0 nitrogen and oxygen atoms in total. The molecule has 0 saturated carbocycles. The molecular formula is C18H19F3. The number of hydrogen-bond acceptors (Lipinski definition) is 0. The molecule has 21 heavy (non-hydrogen) atoms. The first kappa shape index (κ1) is 15.6. The topological polar surface area (TPSA) is 0 Å². The van der Waals surface area contributed by atoms with Crippen molar-refractivity contribution in [3.05, 3.63) is 71.3 Å². The molecule has 0 bridgehead atoms. The van der Waals surface area contributed by atoms with Crippen LogP contribution in [0.15, 0.2) is 54.6 Å². The van der Waals surface area contributed by atoms with E-state index in [-0.39, 0.29) is 11.3 Å². The Morgan fingerprint density at radius 1 is 0.762 bits per heavy atom. The molecule has 3 heteroatoms. The molecule has 0 saturated heterocycles. The second-order valence-corrected chi connectivity index (χ2v) is 6.33. The lowest BCUT2D eigenvalue weighted by molar-refractivity contribution is -0.137. The predicted octanol–water partition coefficient (Wildman–Crippen LogP) is 5.88. The number of alkyl halides is 3. The molecule has 2 aromatic rings. The van der Waals surface area contributed by atoms with Gasteiger partial charge >= 0.3 is 6.18 Å². The van der Waals surface area contributed by atoms with Gasteiger partial charge in [0, 0.05) is 5.92 Å². The van der Waals surface area contributed by atoms with Gasteiger partial charge in [-0.15, -0.1) is 0 Å². The molecular weight excluding hydrogens is 273 g/mol. The Kier molecular flexibility index (Phi) is 4.13. The summed E-state index contributed by atoms with van der Waals surface area (Å²) in [5, 5.41) is 0. The van der Waals surface area contributed by atoms with Crippen LogP contribution in [0, 0.1) is 5.41 Å². The third kappa shape index (κ3) is 3.66. The normalized spacial score (nSPS) is 14.0. The molecule has 1 atom stereocenters. The van der Waals surface area contributed by atoms with Crippen LogP contribution in [-0.4, -0.2) is 0 Å². The van der Waals surface area contributed by atoms with Crippen LogP contribution in [0.5, 0.6) is 0 Å². The summed E-state index contributed by atoms with van der Waals surface area (Å²) in [5.41, 5.74) is 0.962. The van der Waals surface area contributed by atoms with E-state index in [0.29, 0.717) is 5.56 Å². The van der Waals surface area contributed by atoms with E-state index in [9.17, 15) is 13.2 Å². The molecule has 1 unspecified atom stereocenters. The van der Waals surface area contributed by atoms with Crippen LogP contribution < -0.4 is 0 Å². The molecule has 0 fully saturated rings. The van der Waals surface area contributed by atoms with Crippen molar-refractivity contribution in [2.75, 3.05) is 0 Å². The van der Waals surface area contributed by atoms with Gasteiger partial charge in [0.05, 0.1) is 5.56 Å². The molecule has 0 spiro atoms. The van der Waals surface area contributed by atoms with Crippen molar-refractivity contribution in [3.63, 3.8) is 0 Å². The summed E-state index contributed by atoms with van der Waals surface area (Å²) in [6, 6.07) is 15.3. The third-order valence-corrected chi connectivity index (χ3v) is 3.55. The smallest absolute Gasteiger partial charge is 0.166 e. The highest BCUT2D eigenvalue weighted by Gasteiger charge is 2.33. The fourth-order valence-corrected chi connectivity index (χ4v) is 2.73. The highest BCUT2D eigenvalue weighted by molar-refractivity contribution is 5.37. The molecule has 0 aliphatic carbocycles. The Bertz CT molecular complexity index is 592. The van der Waals surface area contributed by atoms with Crippen molar-refractivity contribution in [1.82, 2.24) is 0 Å². The van der Waals surface area contributed by atoms with Crippen molar-refractivity contribution < 1.29 is 13.2 Å². The average molecular weight is 292 g/mol. The zero-order valence-electron chi connectivity index (χ0n) is 12.4. The van der Waals surface area contributed by atoms with Gasteiger partial charge in [0.2, 0.25) is 0 Å². The van der Waals surface area contributed by atoms with Gasteiger partial charge in [-0.2, -0.15) is 13.2 Å². The lowest BCUT2D eigenvalue weighted by Crippen LogP contribution is -2.20. The van der Waals surface area contributed by atoms with Crippen molar-refractivity contribution in [2.24, 2.45) is 5.41 Å². The second-order valence-electron chi connectivity index (χ2n) is 6.33. The van der Waals surface area contributed by atoms with Crippen molar-refractivity contribution in [1.29, 1.82) is 0 Å². The Balaban J connectivity index is 2.53. The van der Waals surface area contributed by atoms with Gasteiger partial charge < -0.3 is 0 Å². The van der Waals surface area contributed by atoms with E-state index in [2.05, 4.69) is 0 Å². The molecule has 2 aromatic carbocycles. The molecule has 0 aliphatic heterocycles. The van der Waals surface area contributed by atoms with Crippen molar-refractivity contribution in [3.8, 4) is 0 Å². The number of hydrogen-bond donors (Lipinski definition) is 0. The van der Waals surface area contributed by atoms with Crippen LogP contribution in [0.25, 0.3) is 0 Å². The first-order chi connectivity index (χ1) is 9.69. The lowest BCUT2D eigenvalue weighted by atomic mass is 9.72. The zero-order chi connectivity index (χ0) is 15.7. The maximum Gasteiger partial charge on any atom is 0.416 e. The quantitative estimate of drug-likeness (QED) is 0.648. The minimum atomic E-state index is -4.31. The SMILES string of the molecule is CC(C)(C)C(c1ccccc1)c1cccc(C(F)(F)F)c1. The van der Waals surface area contributed by atoms with Crippen LogP contribution in [0.3, 0.4) is 0 Å². The molecule has 0 aromatic heterocycles. The van der Waals surface area contributed by atoms with Crippen LogP contribution >= 0.6 is 0 Å². The van der Waals surface area contributed by atoms with E-state index in [4.69, 9.17) is 0 Å². The summed E-state index contributed by atoms with van der Waals surface area (Å²) in [6.07, 6.45) is -4.31. The first-order valence-electron chi connectivity index (χ1n) is 6.92. The summed E-state index contributed by atoms with van der Waals surface area (Å²) >= 11 is 0. The van der Waals surface area contributed by atoms with E-state index in [0.717, 1.165) is 11.6 Å². The molecule has 0 N–H and O–H groups in total. The molecule has 2 rings (SSSR count). The van der Waals surface area contributed by atoms with E-state index < -0.39 is 11.7 Å². The minimum Gasteiger partial charge on any atom is -0.166 e. The van der Waals surface area contributed by atoms with Crippen molar-refractivity contribution >= 4 is 0 Å². The standard InChI is InChI=1S/C18H19F3/c1-17(2,3)16(13-8-5-4-6-9-13)14-10-7-11-15(12-14)18(19,20)21/h4-12,16H,1-3H3. The molecule has 112 valence electrons. The highest BCUT2D eigenvalue weighted by atomic mass is 19.4. The van der Waals surface area contributed by atoms with Gasteiger partial charge in [-0.05, 0) is 22.6 Å². The van der Waals surface area contributed by atoms with Gasteiger partial charge in [0.25, 0.3) is 0 Å².